The number of esters is 1. The second-order valence-corrected chi connectivity index (χ2v) is 13.2. The van der Waals surface area contributed by atoms with Crippen molar-refractivity contribution >= 4 is 12.0 Å². The fraction of sp³-hybridized carbons (Fsp3) is 0.366. The van der Waals surface area contributed by atoms with Crippen LogP contribution in [-0.2, 0) is 45.1 Å². The largest absolute Gasteiger partial charge is 0.467 e. The van der Waals surface area contributed by atoms with E-state index < -0.39 is 24.3 Å². The van der Waals surface area contributed by atoms with E-state index in [0.29, 0.717) is 6.42 Å². The molecule has 10 nitrogen and oxygen atoms in total. The minimum Gasteiger partial charge on any atom is -0.467 e. The van der Waals surface area contributed by atoms with Gasteiger partial charge in [-0.1, -0.05) is 109 Å². The zero-order chi connectivity index (χ0) is 35.4. The van der Waals surface area contributed by atoms with E-state index in [-0.39, 0.29) is 25.4 Å². The Labute approximate surface area is 300 Å². The second kappa shape index (κ2) is 18.1. The lowest BCUT2D eigenvalue weighted by Crippen LogP contribution is -2.49. The van der Waals surface area contributed by atoms with Crippen LogP contribution >= 0.6 is 0 Å². The van der Waals surface area contributed by atoms with Gasteiger partial charge in [0.2, 0.25) is 0 Å². The first-order valence-corrected chi connectivity index (χ1v) is 17.7. The fourth-order valence-electron chi connectivity index (χ4n) is 6.66. The van der Waals surface area contributed by atoms with Crippen LogP contribution in [0.3, 0.4) is 0 Å². The third kappa shape index (κ3) is 10.5. The van der Waals surface area contributed by atoms with Crippen LogP contribution in [0, 0.1) is 0 Å². The third-order valence-corrected chi connectivity index (χ3v) is 9.57. The molecule has 0 saturated carbocycles. The lowest BCUT2D eigenvalue weighted by atomic mass is 9.99. The number of carbonyl (C=O) groups is 2. The first kappa shape index (κ1) is 36.2. The van der Waals surface area contributed by atoms with Crippen LogP contribution in [0.2, 0.25) is 0 Å². The molecular formula is C41H48N4O6. The average Bonchev–Trinajstić information content (AvgIpc) is 3.18. The highest BCUT2D eigenvalue weighted by Gasteiger charge is 2.34. The Morgan fingerprint density at radius 3 is 2.02 bits per heavy atom. The molecule has 0 aliphatic carbocycles. The number of piperazine rings is 1. The minimum atomic E-state index is -0.806. The molecule has 6 rings (SSSR count). The molecule has 2 heterocycles. The van der Waals surface area contributed by atoms with Crippen molar-refractivity contribution in [2.24, 2.45) is 0 Å². The average molecular weight is 693 g/mol. The van der Waals surface area contributed by atoms with Gasteiger partial charge in [0.1, 0.15) is 6.04 Å². The molecule has 0 unspecified atom stereocenters. The van der Waals surface area contributed by atoms with Crippen molar-refractivity contribution in [1.29, 1.82) is 0 Å². The quantitative estimate of drug-likeness (QED) is 0.166. The van der Waals surface area contributed by atoms with Crippen molar-refractivity contribution in [3.63, 3.8) is 0 Å². The Morgan fingerprint density at radius 1 is 0.765 bits per heavy atom. The van der Waals surface area contributed by atoms with E-state index in [4.69, 9.17) is 14.2 Å². The molecule has 2 saturated heterocycles. The maximum Gasteiger partial charge on any atom is 0.328 e. The van der Waals surface area contributed by atoms with Gasteiger partial charge >= 0.3 is 12.0 Å². The van der Waals surface area contributed by atoms with E-state index in [9.17, 15) is 14.7 Å². The van der Waals surface area contributed by atoms with Gasteiger partial charge < -0.3 is 30.0 Å². The zero-order valence-corrected chi connectivity index (χ0v) is 29.2. The highest BCUT2D eigenvalue weighted by atomic mass is 16.7. The summed E-state index contributed by atoms with van der Waals surface area (Å²) in [5, 5.41) is 15.2. The zero-order valence-electron chi connectivity index (χ0n) is 29.2. The molecule has 4 aromatic rings. The molecule has 2 fully saturated rings. The molecular weight excluding hydrogens is 644 g/mol. The van der Waals surface area contributed by atoms with Gasteiger partial charge in [-0.05, 0) is 27.8 Å². The number of nitrogens with one attached hydrogen (secondary N) is 2. The Hall–Kier alpha value is -4.58. The summed E-state index contributed by atoms with van der Waals surface area (Å²) < 4.78 is 18.1. The molecule has 2 amide bonds. The van der Waals surface area contributed by atoms with Gasteiger partial charge in [0.05, 0.1) is 25.9 Å². The normalized spacial score (nSPS) is 20.3. The molecule has 51 heavy (non-hydrogen) atoms. The molecule has 4 aromatic carbocycles. The van der Waals surface area contributed by atoms with Crippen molar-refractivity contribution in [2.75, 3.05) is 39.8 Å². The maximum absolute atomic E-state index is 12.8. The Balaban J connectivity index is 1.06. The van der Waals surface area contributed by atoms with Crippen LogP contribution in [0.1, 0.15) is 52.2 Å². The monoisotopic (exact) mass is 692 g/mol. The minimum absolute atomic E-state index is 0.00116. The van der Waals surface area contributed by atoms with Crippen molar-refractivity contribution in [3.8, 4) is 0 Å². The molecule has 268 valence electrons. The second-order valence-electron chi connectivity index (χ2n) is 13.2. The predicted molar refractivity (Wildman–Crippen MR) is 194 cm³/mol. The van der Waals surface area contributed by atoms with E-state index in [0.717, 1.165) is 73.5 Å². The lowest BCUT2D eigenvalue weighted by molar-refractivity contribution is -0.253. The number of methoxy groups -OCH3 is 1. The number of benzene rings is 4. The third-order valence-electron chi connectivity index (χ3n) is 9.57. The van der Waals surface area contributed by atoms with E-state index in [1.165, 1.54) is 12.7 Å². The van der Waals surface area contributed by atoms with Crippen molar-refractivity contribution in [1.82, 2.24) is 20.4 Å². The molecule has 10 heteroatoms. The molecule has 0 aromatic heterocycles. The lowest BCUT2D eigenvalue weighted by Gasteiger charge is -2.40. The number of hydrogen-bond acceptors (Lipinski definition) is 8. The van der Waals surface area contributed by atoms with Gasteiger partial charge in [-0.2, -0.15) is 0 Å². The van der Waals surface area contributed by atoms with E-state index in [1.54, 1.807) is 0 Å². The summed E-state index contributed by atoms with van der Waals surface area (Å²) in [6, 6.07) is 34.6. The number of urea groups is 1. The number of rotatable bonds is 13. The Bertz CT molecular complexity index is 1660. The highest BCUT2D eigenvalue weighted by molar-refractivity contribution is 5.83. The van der Waals surface area contributed by atoms with Crippen LogP contribution in [0.5, 0.6) is 0 Å². The van der Waals surface area contributed by atoms with Gasteiger partial charge in [-0.25, -0.2) is 9.59 Å². The van der Waals surface area contributed by atoms with Crippen LogP contribution in [0.15, 0.2) is 109 Å². The van der Waals surface area contributed by atoms with E-state index >= 15 is 0 Å². The summed E-state index contributed by atoms with van der Waals surface area (Å²) in [4.78, 5) is 30.1. The summed E-state index contributed by atoms with van der Waals surface area (Å²) in [5.41, 5.74) is 5.97. The molecule has 4 atom stereocenters. The smallest absolute Gasteiger partial charge is 0.328 e. The van der Waals surface area contributed by atoms with Gasteiger partial charge in [0.25, 0.3) is 0 Å². The number of nitrogens with zero attached hydrogens (tertiary/aromatic N) is 2. The first-order valence-electron chi connectivity index (χ1n) is 17.7. The molecule has 0 bridgehead atoms. The number of aliphatic hydroxyl groups is 1. The molecule has 3 N–H and O–H groups in total. The molecule has 0 radical (unpaired) electrons. The van der Waals surface area contributed by atoms with Gasteiger partial charge in [-0.3, -0.25) is 9.80 Å². The summed E-state index contributed by atoms with van der Waals surface area (Å²) in [7, 11) is 1.31. The van der Waals surface area contributed by atoms with Crippen molar-refractivity contribution in [2.45, 2.75) is 57.1 Å². The summed E-state index contributed by atoms with van der Waals surface area (Å²) in [6.07, 6.45) is 0.303. The first-order chi connectivity index (χ1) is 24.9. The van der Waals surface area contributed by atoms with Crippen LogP contribution in [-0.4, -0.2) is 78.9 Å². The predicted octanol–water partition coefficient (Wildman–Crippen LogP) is 5.13. The summed E-state index contributed by atoms with van der Waals surface area (Å²) in [6.45, 7) is 6.04. The topological polar surface area (TPSA) is 113 Å². The summed E-state index contributed by atoms with van der Waals surface area (Å²) in [5.74, 6) is -0.503. The van der Waals surface area contributed by atoms with Crippen LogP contribution in [0.4, 0.5) is 4.79 Å². The number of carbonyl (C=O) groups excluding carboxylic acids is 2. The molecule has 2 aliphatic heterocycles. The highest BCUT2D eigenvalue weighted by Crippen LogP contribution is 2.38. The van der Waals surface area contributed by atoms with Crippen molar-refractivity contribution < 1.29 is 28.9 Å². The Morgan fingerprint density at radius 2 is 1.37 bits per heavy atom. The molecule has 2 aliphatic rings. The van der Waals surface area contributed by atoms with Crippen LogP contribution < -0.4 is 10.6 Å². The number of aliphatic hydroxyl groups excluding tert-OH is 1. The Kier molecular flexibility index (Phi) is 12.8. The number of ether oxygens (including phenoxy) is 3. The summed E-state index contributed by atoms with van der Waals surface area (Å²) >= 11 is 0. The van der Waals surface area contributed by atoms with E-state index in [1.807, 2.05) is 78.9 Å². The standard InChI is InChI=1S/C41H48N4O6/c1-49-39(47)37(24-30-8-4-2-5-9-30)43-41(48)42-26-31-12-18-35(19-13-31)40-50-36(25-38(51-40)34-16-14-33(29-46)15-17-34)28-45-22-20-44(21-23-45)27-32-10-6-3-7-11-32/h2-19,36-38,40,46H,20-29H2,1H3,(H2,42,43,48)/t36-,37-,38+,40+/m0/s1. The van der Waals surface area contributed by atoms with Crippen molar-refractivity contribution in [3.05, 3.63) is 143 Å². The SMILES string of the molecule is COC(=O)[C@H](Cc1ccccc1)NC(=O)NCc1ccc([C@@H]2O[C@H](CN3CCN(Cc4ccccc4)CC3)C[C@H](c3ccc(CO)cc3)O2)cc1. The van der Waals surface area contributed by atoms with Gasteiger partial charge in [0, 0.05) is 64.2 Å². The fourth-order valence-corrected chi connectivity index (χ4v) is 6.66. The molecule has 0 spiro atoms. The number of amides is 2. The van der Waals surface area contributed by atoms with Crippen LogP contribution in [0.25, 0.3) is 0 Å². The van der Waals surface area contributed by atoms with Gasteiger partial charge in [-0.15, -0.1) is 0 Å². The maximum atomic E-state index is 12.8. The number of hydrogen-bond donors (Lipinski definition) is 3. The van der Waals surface area contributed by atoms with E-state index in [2.05, 4.69) is 50.8 Å². The van der Waals surface area contributed by atoms with Gasteiger partial charge in [0.15, 0.2) is 6.29 Å².